The van der Waals surface area contributed by atoms with E-state index in [1.54, 1.807) is 0 Å². The van der Waals surface area contributed by atoms with E-state index in [0.717, 1.165) is 19.3 Å². The van der Waals surface area contributed by atoms with Gasteiger partial charge in [-0.25, -0.2) is 16.8 Å². The standard InChI is InChI=1S/C17H19ClN2O4S2/c18-14-7-9-16(10-8-14)25(21,22)19-15-5-4-6-17(13-15)26(23,24)20-11-2-1-3-12-20/h4-10,13,19H,1-3,11-12H2. The number of hydrogen-bond acceptors (Lipinski definition) is 4. The summed E-state index contributed by atoms with van der Waals surface area (Å²) in [4.78, 5) is 0.127. The number of anilines is 1. The minimum Gasteiger partial charge on any atom is -0.280 e. The van der Waals surface area contributed by atoms with Crippen LogP contribution >= 0.6 is 11.6 Å². The van der Waals surface area contributed by atoms with E-state index in [9.17, 15) is 16.8 Å². The second-order valence-electron chi connectivity index (χ2n) is 6.05. The van der Waals surface area contributed by atoms with E-state index >= 15 is 0 Å². The van der Waals surface area contributed by atoms with Gasteiger partial charge in [-0.05, 0) is 55.3 Å². The Bertz CT molecular complexity index is 984. The second-order valence-corrected chi connectivity index (χ2v) is 10.1. The molecule has 1 saturated heterocycles. The van der Waals surface area contributed by atoms with Gasteiger partial charge in [0.25, 0.3) is 10.0 Å². The highest BCUT2D eigenvalue weighted by Gasteiger charge is 2.26. The number of sulfonamides is 2. The third-order valence-electron chi connectivity index (χ3n) is 4.16. The van der Waals surface area contributed by atoms with Crippen LogP contribution in [-0.4, -0.2) is 34.2 Å². The minimum absolute atomic E-state index is 0.0474. The third-order valence-corrected chi connectivity index (χ3v) is 7.71. The Morgan fingerprint density at radius 2 is 1.50 bits per heavy atom. The van der Waals surface area contributed by atoms with Gasteiger partial charge < -0.3 is 0 Å². The Balaban J connectivity index is 1.86. The van der Waals surface area contributed by atoms with Gasteiger partial charge >= 0.3 is 0 Å². The lowest BCUT2D eigenvalue weighted by molar-refractivity contribution is 0.346. The number of piperidine rings is 1. The number of rotatable bonds is 5. The van der Waals surface area contributed by atoms with Gasteiger partial charge in [0, 0.05) is 18.1 Å². The van der Waals surface area contributed by atoms with Gasteiger partial charge in [-0.1, -0.05) is 24.1 Å². The van der Waals surface area contributed by atoms with E-state index in [1.165, 1.54) is 52.8 Å². The summed E-state index contributed by atoms with van der Waals surface area (Å²) in [5.74, 6) is 0. The van der Waals surface area contributed by atoms with Crippen molar-refractivity contribution in [3.63, 3.8) is 0 Å². The highest BCUT2D eigenvalue weighted by atomic mass is 35.5. The lowest BCUT2D eigenvalue weighted by Gasteiger charge is -2.26. The van der Waals surface area contributed by atoms with Crippen LogP contribution in [-0.2, 0) is 20.0 Å². The summed E-state index contributed by atoms with van der Waals surface area (Å²) < 4.78 is 54.3. The molecule has 0 bridgehead atoms. The molecule has 3 rings (SSSR count). The van der Waals surface area contributed by atoms with Crippen molar-refractivity contribution in [3.8, 4) is 0 Å². The Morgan fingerprint density at radius 1 is 0.846 bits per heavy atom. The lowest BCUT2D eigenvalue weighted by atomic mass is 10.2. The van der Waals surface area contributed by atoms with Crippen LogP contribution < -0.4 is 4.72 Å². The fourth-order valence-electron chi connectivity index (χ4n) is 2.80. The van der Waals surface area contributed by atoms with Crippen molar-refractivity contribution in [2.24, 2.45) is 0 Å². The number of benzene rings is 2. The zero-order valence-electron chi connectivity index (χ0n) is 13.9. The van der Waals surface area contributed by atoms with E-state index in [0.29, 0.717) is 18.1 Å². The Hall–Kier alpha value is -1.61. The molecule has 0 radical (unpaired) electrons. The molecular weight excluding hydrogens is 396 g/mol. The van der Waals surface area contributed by atoms with Crippen LogP contribution in [0.25, 0.3) is 0 Å². The molecule has 0 aliphatic carbocycles. The summed E-state index contributed by atoms with van der Waals surface area (Å²) in [5.41, 5.74) is 0.193. The zero-order valence-corrected chi connectivity index (χ0v) is 16.3. The summed E-state index contributed by atoms with van der Waals surface area (Å²) in [7, 11) is -7.46. The number of halogens is 1. The van der Waals surface area contributed by atoms with Crippen LogP contribution in [0.15, 0.2) is 58.3 Å². The van der Waals surface area contributed by atoms with Crippen molar-refractivity contribution in [2.45, 2.75) is 29.1 Å². The molecule has 1 aliphatic heterocycles. The zero-order chi connectivity index (χ0) is 18.8. The van der Waals surface area contributed by atoms with Crippen molar-refractivity contribution in [3.05, 3.63) is 53.6 Å². The quantitative estimate of drug-likeness (QED) is 0.813. The summed E-state index contributed by atoms with van der Waals surface area (Å²) in [5, 5.41) is 0.429. The monoisotopic (exact) mass is 414 g/mol. The first-order valence-corrected chi connectivity index (χ1v) is 11.5. The molecule has 1 fully saturated rings. The van der Waals surface area contributed by atoms with Crippen LogP contribution in [0.4, 0.5) is 5.69 Å². The first-order valence-electron chi connectivity index (χ1n) is 8.18. The molecule has 0 spiro atoms. The highest BCUT2D eigenvalue weighted by molar-refractivity contribution is 7.92. The van der Waals surface area contributed by atoms with E-state index in [4.69, 9.17) is 11.6 Å². The molecule has 2 aromatic rings. The summed E-state index contributed by atoms with van der Waals surface area (Å²) in [6.07, 6.45) is 2.69. The fraction of sp³-hybridized carbons (Fsp3) is 0.294. The number of nitrogens with zero attached hydrogens (tertiary/aromatic N) is 1. The molecule has 140 valence electrons. The van der Waals surface area contributed by atoms with E-state index < -0.39 is 20.0 Å². The third kappa shape index (κ3) is 4.20. The SMILES string of the molecule is O=S(=O)(Nc1cccc(S(=O)(=O)N2CCCCC2)c1)c1ccc(Cl)cc1. The molecule has 1 aliphatic rings. The van der Waals surface area contributed by atoms with Crippen molar-refractivity contribution >= 4 is 37.3 Å². The Morgan fingerprint density at radius 3 is 2.15 bits per heavy atom. The smallest absolute Gasteiger partial charge is 0.261 e. The predicted octanol–water partition coefficient (Wildman–Crippen LogP) is 3.32. The molecular formula is C17H19ClN2O4S2. The molecule has 1 N–H and O–H groups in total. The lowest BCUT2D eigenvalue weighted by Crippen LogP contribution is -2.35. The maximum Gasteiger partial charge on any atom is 0.261 e. The van der Waals surface area contributed by atoms with E-state index in [2.05, 4.69) is 4.72 Å². The molecule has 0 atom stereocenters. The second kappa shape index (κ2) is 7.56. The van der Waals surface area contributed by atoms with Crippen molar-refractivity contribution < 1.29 is 16.8 Å². The van der Waals surface area contributed by atoms with E-state index in [-0.39, 0.29) is 15.5 Å². The average Bonchev–Trinajstić information content (AvgIpc) is 2.63. The van der Waals surface area contributed by atoms with Crippen molar-refractivity contribution in [2.75, 3.05) is 17.8 Å². The molecule has 26 heavy (non-hydrogen) atoms. The normalized spacial score (nSPS) is 16.3. The average molecular weight is 415 g/mol. The van der Waals surface area contributed by atoms with E-state index in [1.807, 2.05) is 0 Å². The Kier molecular flexibility index (Phi) is 5.57. The predicted molar refractivity (Wildman–Crippen MR) is 101 cm³/mol. The number of nitrogens with one attached hydrogen (secondary N) is 1. The van der Waals surface area contributed by atoms with Crippen LogP contribution in [0.5, 0.6) is 0 Å². The molecule has 1 heterocycles. The first kappa shape index (κ1) is 19.2. The Labute approximate surface area is 158 Å². The van der Waals surface area contributed by atoms with Crippen LogP contribution in [0.3, 0.4) is 0 Å². The van der Waals surface area contributed by atoms with Gasteiger partial charge in [0.1, 0.15) is 0 Å². The van der Waals surface area contributed by atoms with Gasteiger partial charge in [-0.15, -0.1) is 0 Å². The molecule has 0 unspecified atom stereocenters. The van der Waals surface area contributed by atoms with Gasteiger partial charge in [0.15, 0.2) is 0 Å². The van der Waals surface area contributed by atoms with Gasteiger partial charge in [0.2, 0.25) is 10.0 Å². The van der Waals surface area contributed by atoms with Crippen LogP contribution in [0.2, 0.25) is 5.02 Å². The van der Waals surface area contributed by atoms with Gasteiger partial charge in [-0.2, -0.15) is 4.31 Å². The summed E-state index contributed by atoms with van der Waals surface area (Å²) >= 11 is 5.78. The topological polar surface area (TPSA) is 83.5 Å². The maximum absolute atomic E-state index is 12.7. The molecule has 0 aromatic heterocycles. The maximum atomic E-state index is 12.7. The van der Waals surface area contributed by atoms with Gasteiger partial charge in [0.05, 0.1) is 15.5 Å². The largest absolute Gasteiger partial charge is 0.280 e. The van der Waals surface area contributed by atoms with Crippen LogP contribution in [0.1, 0.15) is 19.3 Å². The minimum atomic E-state index is -3.83. The highest BCUT2D eigenvalue weighted by Crippen LogP contribution is 2.24. The molecule has 0 saturated carbocycles. The molecule has 0 amide bonds. The molecule has 2 aromatic carbocycles. The number of hydrogen-bond donors (Lipinski definition) is 1. The fourth-order valence-corrected chi connectivity index (χ4v) is 5.54. The summed E-state index contributed by atoms with van der Waals surface area (Å²) in [6, 6.07) is 11.6. The van der Waals surface area contributed by atoms with Crippen molar-refractivity contribution in [1.29, 1.82) is 0 Å². The van der Waals surface area contributed by atoms with Gasteiger partial charge in [-0.3, -0.25) is 4.72 Å². The van der Waals surface area contributed by atoms with Crippen LogP contribution in [0, 0.1) is 0 Å². The molecule has 6 nitrogen and oxygen atoms in total. The first-order chi connectivity index (χ1) is 12.3. The summed E-state index contributed by atoms with van der Waals surface area (Å²) in [6.45, 7) is 0.978. The van der Waals surface area contributed by atoms with Crippen molar-refractivity contribution in [1.82, 2.24) is 4.31 Å². The molecule has 9 heteroatoms.